The number of carbonyl (C=O) groups excluding carboxylic acids is 1. The zero-order valence-corrected chi connectivity index (χ0v) is 22.0. The predicted octanol–water partition coefficient (Wildman–Crippen LogP) is 5.60. The summed E-state index contributed by atoms with van der Waals surface area (Å²) in [6, 6.07) is 13.4. The molecular weight excluding hydrogens is 496 g/mol. The predicted molar refractivity (Wildman–Crippen MR) is 148 cm³/mol. The van der Waals surface area contributed by atoms with Crippen LogP contribution in [0.3, 0.4) is 0 Å². The number of hydrogen-bond acceptors (Lipinski definition) is 8. The molecule has 1 N–H and O–H groups in total. The zero-order chi connectivity index (χ0) is 27.0. The van der Waals surface area contributed by atoms with Gasteiger partial charge in [0.1, 0.15) is 23.7 Å². The highest BCUT2D eigenvalue weighted by Gasteiger charge is 2.50. The van der Waals surface area contributed by atoms with E-state index in [4.69, 9.17) is 18.6 Å². The first-order valence-corrected chi connectivity index (χ1v) is 12.9. The van der Waals surface area contributed by atoms with Crippen molar-refractivity contribution in [1.82, 2.24) is 14.9 Å². The van der Waals surface area contributed by atoms with E-state index in [1.807, 2.05) is 47.4 Å². The minimum Gasteiger partial charge on any atom is -0.495 e. The van der Waals surface area contributed by atoms with E-state index in [2.05, 4.69) is 21.9 Å². The van der Waals surface area contributed by atoms with Crippen LogP contribution in [0.5, 0.6) is 17.2 Å². The lowest BCUT2D eigenvalue weighted by molar-refractivity contribution is -0.137. The number of carbonyl (C=O) groups is 1. The number of likely N-dealkylation sites (tertiary alicyclic amines) is 1. The average Bonchev–Trinajstić information content (AvgIpc) is 3.63. The molecule has 1 spiro atoms. The SMILES string of the molecule is C=CC(=O)N1CC2(CCC(Oc3cc4c(Nc5cc(-c6ccco6)ccc5OC)ncnc4cc3OC)C2)C1. The minimum atomic E-state index is -0.00690. The Labute approximate surface area is 226 Å². The summed E-state index contributed by atoms with van der Waals surface area (Å²) in [6.45, 7) is 5.11. The molecule has 2 aliphatic rings. The van der Waals surface area contributed by atoms with Gasteiger partial charge in [-0.15, -0.1) is 0 Å². The molecule has 1 saturated heterocycles. The zero-order valence-electron chi connectivity index (χ0n) is 22.0. The van der Waals surface area contributed by atoms with E-state index < -0.39 is 0 Å². The van der Waals surface area contributed by atoms with Crippen LogP contribution in [0.1, 0.15) is 19.3 Å². The molecule has 1 saturated carbocycles. The van der Waals surface area contributed by atoms with Crippen molar-refractivity contribution in [2.45, 2.75) is 25.4 Å². The maximum Gasteiger partial charge on any atom is 0.245 e. The average molecular weight is 527 g/mol. The number of furan rings is 1. The van der Waals surface area contributed by atoms with Crippen LogP contribution in [-0.4, -0.2) is 54.2 Å². The van der Waals surface area contributed by atoms with Crippen LogP contribution < -0.4 is 19.5 Å². The van der Waals surface area contributed by atoms with Gasteiger partial charge in [0, 0.05) is 35.5 Å². The summed E-state index contributed by atoms with van der Waals surface area (Å²) < 4.78 is 23.4. The van der Waals surface area contributed by atoms with E-state index in [-0.39, 0.29) is 17.4 Å². The molecule has 1 unspecified atom stereocenters. The summed E-state index contributed by atoms with van der Waals surface area (Å²) in [5.41, 5.74) is 2.50. The maximum absolute atomic E-state index is 11.9. The second-order valence-corrected chi connectivity index (χ2v) is 10.1. The minimum absolute atomic E-state index is 0.00690. The van der Waals surface area contributed by atoms with Crippen molar-refractivity contribution < 1.29 is 23.4 Å². The van der Waals surface area contributed by atoms with Gasteiger partial charge < -0.3 is 28.8 Å². The highest BCUT2D eigenvalue weighted by atomic mass is 16.5. The van der Waals surface area contributed by atoms with Gasteiger partial charge in [0.05, 0.1) is 37.8 Å². The molecule has 200 valence electrons. The Morgan fingerprint density at radius 3 is 2.72 bits per heavy atom. The standard InChI is InChI=1S/C30H30N4O5/c1-4-28(35)34-16-30(17-34)10-9-20(15-30)39-27-13-21-22(14-26(27)37-3)31-18-32-29(21)33-23-12-19(7-8-25(23)36-2)24-6-5-11-38-24/h4-8,11-14,18,20H,1,9-10,15-17H2,2-3H3,(H,31,32,33). The number of hydrogen-bond donors (Lipinski definition) is 1. The van der Waals surface area contributed by atoms with E-state index >= 15 is 0 Å². The highest BCUT2D eigenvalue weighted by molar-refractivity contribution is 5.93. The maximum atomic E-state index is 11.9. The topological polar surface area (TPSA) is 99.0 Å². The van der Waals surface area contributed by atoms with E-state index in [0.29, 0.717) is 23.1 Å². The fraction of sp³-hybridized carbons (Fsp3) is 0.300. The van der Waals surface area contributed by atoms with Crippen LogP contribution in [0.4, 0.5) is 11.5 Å². The third kappa shape index (κ3) is 4.65. The number of nitrogens with zero attached hydrogens (tertiary/aromatic N) is 3. The molecule has 1 aliphatic carbocycles. The first-order valence-electron chi connectivity index (χ1n) is 12.9. The Balaban J connectivity index is 1.27. The number of nitrogens with one attached hydrogen (secondary N) is 1. The highest BCUT2D eigenvalue weighted by Crippen LogP contribution is 2.48. The van der Waals surface area contributed by atoms with E-state index in [1.165, 1.54) is 12.4 Å². The first kappa shape index (κ1) is 24.8. The molecule has 0 radical (unpaired) electrons. The Bertz CT molecular complexity index is 1530. The van der Waals surface area contributed by atoms with Crippen molar-refractivity contribution in [3.05, 3.63) is 67.7 Å². The molecule has 1 amide bonds. The van der Waals surface area contributed by atoms with Crippen LogP contribution >= 0.6 is 0 Å². The van der Waals surface area contributed by atoms with E-state index in [9.17, 15) is 4.79 Å². The Kier molecular flexibility index (Phi) is 6.34. The summed E-state index contributed by atoms with van der Waals surface area (Å²) in [5, 5.41) is 4.21. The molecule has 39 heavy (non-hydrogen) atoms. The molecule has 2 aromatic heterocycles. The fourth-order valence-corrected chi connectivity index (χ4v) is 5.71. The summed E-state index contributed by atoms with van der Waals surface area (Å²) >= 11 is 0. The van der Waals surface area contributed by atoms with Crippen LogP contribution in [0.15, 0.2) is 72.1 Å². The number of ether oxygens (including phenoxy) is 3. The van der Waals surface area contributed by atoms with Crippen molar-refractivity contribution in [2.24, 2.45) is 5.41 Å². The number of methoxy groups -OCH3 is 2. The number of fused-ring (bicyclic) bond motifs is 1. The second kappa shape index (κ2) is 9.98. The van der Waals surface area contributed by atoms with Gasteiger partial charge in [0.25, 0.3) is 0 Å². The molecule has 1 aliphatic heterocycles. The van der Waals surface area contributed by atoms with Crippen molar-refractivity contribution >= 4 is 28.3 Å². The summed E-state index contributed by atoms with van der Waals surface area (Å²) in [6.07, 6.45) is 7.41. The Morgan fingerprint density at radius 1 is 1.13 bits per heavy atom. The number of rotatable bonds is 8. The number of anilines is 2. The summed E-state index contributed by atoms with van der Waals surface area (Å²) in [4.78, 5) is 22.8. The molecule has 4 aromatic rings. The van der Waals surface area contributed by atoms with Gasteiger partial charge in [-0.1, -0.05) is 6.58 Å². The van der Waals surface area contributed by atoms with Crippen LogP contribution in [0.25, 0.3) is 22.2 Å². The lowest BCUT2D eigenvalue weighted by Crippen LogP contribution is -2.57. The van der Waals surface area contributed by atoms with Crippen LogP contribution in [-0.2, 0) is 4.79 Å². The van der Waals surface area contributed by atoms with Gasteiger partial charge in [-0.2, -0.15) is 0 Å². The van der Waals surface area contributed by atoms with Crippen molar-refractivity contribution in [1.29, 1.82) is 0 Å². The van der Waals surface area contributed by atoms with Crippen molar-refractivity contribution in [3.8, 4) is 28.6 Å². The van der Waals surface area contributed by atoms with Crippen molar-refractivity contribution in [2.75, 3.05) is 32.6 Å². The first-order chi connectivity index (χ1) is 19.0. The monoisotopic (exact) mass is 526 g/mol. The summed E-state index contributed by atoms with van der Waals surface area (Å²) in [5.74, 6) is 3.28. The molecular formula is C30H30N4O5. The molecule has 1 atom stereocenters. The van der Waals surface area contributed by atoms with E-state index in [0.717, 1.165) is 60.3 Å². The fourth-order valence-electron chi connectivity index (χ4n) is 5.71. The summed E-state index contributed by atoms with van der Waals surface area (Å²) in [7, 11) is 3.26. The van der Waals surface area contributed by atoms with Gasteiger partial charge in [0.15, 0.2) is 11.5 Å². The number of benzene rings is 2. The largest absolute Gasteiger partial charge is 0.495 e. The lowest BCUT2D eigenvalue weighted by atomic mass is 9.78. The van der Waals surface area contributed by atoms with Gasteiger partial charge in [-0.05, 0) is 61.7 Å². The third-order valence-corrected chi connectivity index (χ3v) is 7.67. The van der Waals surface area contributed by atoms with Crippen molar-refractivity contribution in [3.63, 3.8) is 0 Å². The molecule has 2 fully saturated rings. The molecule has 0 bridgehead atoms. The van der Waals surface area contributed by atoms with Crippen LogP contribution in [0, 0.1) is 5.41 Å². The third-order valence-electron chi connectivity index (χ3n) is 7.67. The molecule has 6 rings (SSSR count). The number of aromatic nitrogens is 2. The van der Waals surface area contributed by atoms with Crippen LogP contribution in [0.2, 0.25) is 0 Å². The lowest BCUT2D eigenvalue weighted by Gasteiger charge is -2.47. The molecule has 9 nitrogen and oxygen atoms in total. The Hall–Kier alpha value is -4.53. The number of amides is 1. The quantitative estimate of drug-likeness (QED) is 0.297. The van der Waals surface area contributed by atoms with Gasteiger partial charge in [-0.25, -0.2) is 9.97 Å². The normalized spacial score (nSPS) is 17.6. The Morgan fingerprint density at radius 2 is 1.97 bits per heavy atom. The van der Waals surface area contributed by atoms with Gasteiger partial charge >= 0.3 is 0 Å². The molecule has 3 heterocycles. The van der Waals surface area contributed by atoms with Gasteiger partial charge in [0.2, 0.25) is 5.91 Å². The van der Waals surface area contributed by atoms with E-state index in [1.54, 1.807) is 20.5 Å². The van der Waals surface area contributed by atoms with Gasteiger partial charge in [-0.3, -0.25) is 4.79 Å². The molecule has 9 heteroatoms. The smallest absolute Gasteiger partial charge is 0.245 e. The second-order valence-electron chi connectivity index (χ2n) is 10.1. The molecule has 2 aromatic carbocycles.